The van der Waals surface area contributed by atoms with Crippen LogP contribution in [0.15, 0.2) is 24.3 Å². The van der Waals surface area contributed by atoms with Crippen LogP contribution in [0.1, 0.15) is 73.7 Å². The third kappa shape index (κ3) is 3.95. The van der Waals surface area contributed by atoms with Gasteiger partial charge in [-0.1, -0.05) is 17.7 Å². The van der Waals surface area contributed by atoms with E-state index in [1.807, 2.05) is 31.2 Å². The zero-order valence-electron chi connectivity index (χ0n) is 17.7. The average molecular weight is 395 g/mol. The highest BCUT2D eigenvalue weighted by molar-refractivity contribution is 5.94. The molecule has 1 aliphatic heterocycles. The molecule has 1 heterocycles. The van der Waals surface area contributed by atoms with E-state index in [-0.39, 0.29) is 11.9 Å². The van der Waals surface area contributed by atoms with Crippen molar-refractivity contribution >= 4 is 11.8 Å². The first-order valence-electron chi connectivity index (χ1n) is 11.6. The molecule has 1 saturated heterocycles. The summed E-state index contributed by atoms with van der Waals surface area (Å²) < 4.78 is 0. The summed E-state index contributed by atoms with van der Waals surface area (Å²) >= 11 is 0. The number of likely N-dealkylation sites (tertiary alicyclic amines) is 1. The fourth-order valence-corrected chi connectivity index (χ4v) is 7.27. The van der Waals surface area contributed by atoms with E-state index in [4.69, 9.17) is 0 Å². The van der Waals surface area contributed by atoms with Crippen molar-refractivity contribution in [2.24, 2.45) is 23.2 Å². The molecule has 156 valence electrons. The minimum Gasteiger partial charge on any atom is -0.349 e. The quantitative estimate of drug-likeness (QED) is 0.827. The summed E-state index contributed by atoms with van der Waals surface area (Å²) in [7, 11) is 0. The molecular weight excluding hydrogens is 360 g/mol. The zero-order chi connectivity index (χ0) is 20.0. The van der Waals surface area contributed by atoms with Crippen molar-refractivity contribution in [3.05, 3.63) is 35.4 Å². The number of benzene rings is 1. The van der Waals surface area contributed by atoms with Crippen molar-refractivity contribution in [1.29, 1.82) is 0 Å². The van der Waals surface area contributed by atoms with Crippen molar-refractivity contribution in [2.45, 2.75) is 70.8 Å². The predicted octanol–water partition coefficient (Wildman–Crippen LogP) is 4.32. The smallest absolute Gasteiger partial charge is 0.251 e. The van der Waals surface area contributed by atoms with E-state index in [9.17, 15) is 9.59 Å². The van der Waals surface area contributed by atoms with E-state index in [1.54, 1.807) is 0 Å². The van der Waals surface area contributed by atoms with Crippen LogP contribution in [-0.2, 0) is 4.79 Å². The topological polar surface area (TPSA) is 49.4 Å². The van der Waals surface area contributed by atoms with Crippen LogP contribution in [0, 0.1) is 30.1 Å². The lowest BCUT2D eigenvalue weighted by Gasteiger charge is -2.57. The number of carbonyl (C=O) groups is 2. The van der Waals surface area contributed by atoms with Gasteiger partial charge in [0, 0.05) is 31.1 Å². The molecule has 1 aromatic rings. The molecule has 4 bridgehead atoms. The van der Waals surface area contributed by atoms with Gasteiger partial charge < -0.3 is 10.2 Å². The van der Waals surface area contributed by atoms with Crippen LogP contribution in [0.25, 0.3) is 0 Å². The Morgan fingerprint density at radius 1 is 1.03 bits per heavy atom. The molecule has 5 aliphatic rings. The second kappa shape index (κ2) is 7.45. The highest BCUT2D eigenvalue weighted by Gasteiger charge is 2.51. The van der Waals surface area contributed by atoms with E-state index >= 15 is 0 Å². The Hall–Kier alpha value is -1.84. The first-order valence-corrected chi connectivity index (χ1v) is 11.6. The monoisotopic (exact) mass is 394 g/mol. The Balaban J connectivity index is 1.13. The highest BCUT2D eigenvalue weighted by atomic mass is 16.2. The SMILES string of the molecule is Cc1cccc(C(=O)NC2CCN(C(=O)CC34CC5CC(CC(C5)C3)C4)CC2)c1. The first kappa shape index (κ1) is 19.1. The molecule has 0 unspecified atom stereocenters. The summed E-state index contributed by atoms with van der Waals surface area (Å²) in [4.78, 5) is 27.7. The Kier molecular flexibility index (Phi) is 4.92. The van der Waals surface area contributed by atoms with Gasteiger partial charge in [0.25, 0.3) is 5.91 Å². The van der Waals surface area contributed by atoms with Gasteiger partial charge in [0.2, 0.25) is 5.91 Å². The summed E-state index contributed by atoms with van der Waals surface area (Å²) in [5, 5.41) is 3.17. The van der Waals surface area contributed by atoms with Crippen molar-refractivity contribution < 1.29 is 9.59 Å². The van der Waals surface area contributed by atoms with Crippen LogP contribution < -0.4 is 5.32 Å². The number of rotatable bonds is 4. The van der Waals surface area contributed by atoms with Gasteiger partial charge in [-0.25, -0.2) is 0 Å². The third-order valence-electron chi connectivity index (χ3n) is 8.15. The number of amides is 2. The standard InChI is InChI=1S/C25H34N2O2/c1-17-3-2-4-21(9-17)24(29)26-22-5-7-27(8-6-22)23(28)16-25-13-18-10-19(14-25)12-20(11-18)15-25/h2-4,9,18-20,22H,5-8,10-16H2,1H3,(H,26,29). The van der Waals surface area contributed by atoms with Gasteiger partial charge in [-0.3, -0.25) is 9.59 Å². The number of piperidine rings is 1. The predicted molar refractivity (Wildman–Crippen MR) is 113 cm³/mol. The largest absolute Gasteiger partial charge is 0.349 e. The number of hydrogen-bond donors (Lipinski definition) is 1. The molecule has 4 saturated carbocycles. The van der Waals surface area contributed by atoms with Gasteiger partial charge >= 0.3 is 0 Å². The van der Waals surface area contributed by atoms with Crippen LogP contribution in [0.2, 0.25) is 0 Å². The Labute approximate surface area is 174 Å². The van der Waals surface area contributed by atoms with Crippen LogP contribution >= 0.6 is 0 Å². The first-order chi connectivity index (χ1) is 14.0. The maximum Gasteiger partial charge on any atom is 0.251 e. The Bertz CT molecular complexity index is 758. The molecule has 2 amide bonds. The van der Waals surface area contributed by atoms with Crippen LogP contribution in [0.5, 0.6) is 0 Å². The lowest BCUT2D eigenvalue weighted by atomic mass is 9.49. The molecule has 0 radical (unpaired) electrons. The molecule has 1 N–H and O–H groups in total. The molecule has 4 heteroatoms. The molecule has 4 aliphatic carbocycles. The number of carbonyl (C=O) groups excluding carboxylic acids is 2. The van der Waals surface area contributed by atoms with Crippen molar-refractivity contribution in [1.82, 2.24) is 10.2 Å². The second-order valence-electron chi connectivity index (χ2n) is 10.6. The average Bonchev–Trinajstić information content (AvgIpc) is 2.67. The van der Waals surface area contributed by atoms with E-state index in [2.05, 4.69) is 10.2 Å². The van der Waals surface area contributed by atoms with E-state index < -0.39 is 0 Å². The molecule has 0 aromatic heterocycles. The molecular formula is C25H34N2O2. The Morgan fingerprint density at radius 2 is 1.66 bits per heavy atom. The minimum atomic E-state index is 0.00652. The summed E-state index contributed by atoms with van der Waals surface area (Å²) in [5.74, 6) is 3.08. The number of nitrogens with one attached hydrogen (secondary N) is 1. The molecule has 4 nitrogen and oxygen atoms in total. The lowest BCUT2D eigenvalue weighted by Crippen LogP contribution is -2.50. The highest BCUT2D eigenvalue weighted by Crippen LogP contribution is 2.61. The molecule has 29 heavy (non-hydrogen) atoms. The maximum atomic E-state index is 13.1. The number of hydrogen-bond acceptors (Lipinski definition) is 2. The van der Waals surface area contributed by atoms with Crippen molar-refractivity contribution in [3.63, 3.8) is 0 Å². The van der Waals surface area contributed by atoms with Crippen LogP contribution in [0.3, 0.4) is 0 Å². The van der Waals surface area contributed by atoms with Crippen molar-refractivity contribution in [3.8, 4) is 0 Å². The lowest BCUT2D eigenvalue weighted by molar-refractivity contribution is -0.140. The van der Waals surface area contributed by atoms with Gasteiger partial charge in [0.15, 0.2) is 0 Å². The second-order valence-corrected chi connectivity index (χ2v) is 10.6. The van der Waals surface area contributed by atoms with Gasteiger partial charge in [-0.05, 0) is 93.6 Å². The molecule has 5 fully saturated rings. The fraction of sp³-hybridized carbons (Fsp3) is 0.680. The van der Waals surface area contributed by atoms with Gasteiger partial charge in [0.05, 0.1) is 0 Å². The molecule has 1 aromatic carbocycles. The summed E-state index contributed by atoms with van der Waals surface area (Å²) in [6, 6.07) is 7.90. The minimum absolute atomic E-state index is 0.00652. The van der Waals surface area contributed by atoms with Crippen LogP contribution in [-0.4, -0.2) is 35.8 Å². The Morgan fingerprint density at radius 3 is 2.24 bits per heavy atom. The zero-order valence-corrected chi connectivity index (χ0v) is 17.7. The number of aryl methyl sites for hydroxylation is 1. The van der Waals surface area contributed by atoms with Gasteiger partial charge in [0.1, 0.15) is 0 Å². The summed E-state index contributed by atoms with van der Waals surface area (Å²) in [6.45, 7) is 3.57. The van der Waals surface area contributed by atoms with Gasteiger partial charge in [-0.2, -0.15) is 0 Å². The molecule has 0 atom stereocenters. The maximum absolute atomic E-state index is 13.1. The molecule has 6 rings (SSSR count). The normalized spacial score (nSPS) is 33.7. The third-order valence-corrected chi connectivity index (χ3v) is 8.15. The van der Waals surface area contributed by atoms with E-state index in [0.29, 0.717) is 11.3 Å². The summed E-state index contributed by atoms with van der Waals surface area (Å²) in [5.41, 5.74) is 2.15. The fourth-order valence-electron chi connectivity index (χ4n) is 7.27. The van der Waals surface area contributed by atoms with E-state index in [0.717, 1.165) is 61.2 Å². The number of nitrogens with zero attached hydrogens (tertiary/aromatic N) is 1. The molecule has 0 spiro atoms. The van der Waals surface area contributed by atoms with E-state index in [1.165, 1.54) is 38.5 Å². The van der Waals surface area contributed by atoms with Gasteiger partial charge in [-0.15, -0.1) is 0 Å². The van der Waals surface area contributed by atoms with Crippen LogP contribution in [0.4, 0.5) is 0 Å². The van der Waals surface area contributed by atoms with Crippen molar-refractivity contribution in [2.75, 3.05) is 13.1 Å². The summed E-state index contributed by atoms with van der Waals surface area (Å²) in [6.07, 6.45) is 10.7.